The molecule has 0 unspecified atom stereocenters. The average Bonchev–Trinajstić information content (AvgIpc) is 3.02. The number of thioether (sulfide) groups is 1. The Kier molecular flexibility index (Phi) is 4.56. The second kappa shape index (κ2) is 6.95. The van der Waals surface area contributed by atoms with Crippen molar-refractivity contribution in [3.63, 3.8) is 0 Å². The van der Waals surface area contributed by atoms with Crippen LogP contribution in [0, 0.1) is 0 Å². The van der Waals surface area contributed by atoms with Gasteiger partial charge in [-0.25, -0.2) is 0 Å². The summed E-state index contributed by atoms with van der Waals surface area (Å²) in [6, 6.07) is 18.3. The third-order valence-corrected chi connectivity index (χ3v) is 4.03. The Balaban J connectivity index is 1.59. The molecule has 1 aromatic heterocycles. The van der Waals surface area contributed by atoms with Crippen molar-refractivity contribution < 1.29 is 0 Å². The van der Waals surface area contributed by atoms with Crippen LogP contribution in [-0.4, -0.2) is 16.4 Å². The lowest BCUT2D eigenvalue weighted by Gasteiger charge is -1.99. The summed E-state index contributed by atoms with van der Waals surface area (Å²) in [5, 5.41) is 9.71. The highest BCUT2D eigenvalue weighted by atomic mass is 32.2. The Morgan fingerprint density at radius 2 is 2.00 bits per heavy atom. The molecule has 0 radical (unpaired) electrons. The summed E-state index contributed by atoms with van der Waals surface area (Å²) >= 11 is 1.48. The van der Waals surface area contributed by atoms with E-state index in [-0.39, 0.29) is 0 Å². The summed E-state index contributed by atoms with van der Waals surface area (Å²) in [5.74, 6) is 0.792. The van der Waals surface area contributed by atoms with Crippen molar-refractivity contribution in [2.45, 2.75) is 5.75 Å². The lowest BCUT2D eigenvalue weighted by Crippen LogP contribution is -2.05. The molecule has 5 heteroatoms. The van der Waals surface area contributed by atoms with Gasteiger partial charge in [0, 0.05) is 17.5 Å². The number of H-pyrrole nitrogens is 1. The fourth-order valence-electron chi connectivity index (χ4n) is 2.06. The van der Waals surface area contributed by atoms with Crippen molar-refractivity contribution in [2.75, 3.05) is 0 Å². The number of nitrogens with two attached hydrogens (primary N) is 1. The van der Waals surface area contributed by atoms with Crippen molar-refractivity contribution in [1.82, 2.24) is 4.98 Å². The minimum atomic E-state index is 0.459. The summed E-state index contributed by atoms with van der Waals surface area (Å²) in [4.78, 5) is 3.17. The van der Waals surface area contributed by atoms with Crippen LogP contribution in [0.25, 0.3) is 10.9 Å². The summed E-state index contributed by atoms with van der Waals surface area (Å²) in [7, 11) is 0. The molecule has 0 amide bonds. The van der Waals surface area contributed by atoms with Crippen LogP contribution in [0.1, 0.15) is 11.1 Å². The van der Waals surface area contributed by atoms with Crippen LogP contribution in [0.3, 0.4) is 0 Å². The number of benzene rings is 2. The first-order valence-electron chi connectivity index (χ1n) is 6.91. The van der Waals surface area contributed by atoms with Gasteiger partial charge in [-0.2, -0.15) is 5.10 Å². The normalized spacial score (nSPS) is 12.3. The van der Waals surface area contributed by atoms with Gasteiger partial charge in [-0.15, -0.1) is 5.10 Å². The van der Waals surface area contributed by atoms with Crippen LogP contribution >= 0.6 is 11.8 Å². The van der Waals surface area contributed by atoms with Gasteiger partial charge in [-0.3, -0.25) is 0 Å². The number of nitrogens with zero attached hydrogens (tertiary/aromatic N) is 2. The minimum absolute atomic E-state index is 0.459. The van der Waals surface area contributed by atoms with Gasteiger partial charge in [0.25, 0.3) is 0 Å². The van der Waals surface area contributed by atoms with Gasteiger partial charge < -0.3 is 10.7 Å². The first-order valence-corrected chi connectivity index (χ1v) is 7.90. The van der Waals surface area contributed by atoms with Crippen LogP contribution in [-0.2, 0) is 5.75 Å². The van der Waals surface area contributed by atoms with Gasteiger partial charge in [0.15, 0.2) is 5.17 Å². The molecule has 1 heterocycles. The molecule has 2 aromatic carbocycles. The number of rotatable bonds is 4. The van der Waals surface area contributed by atoms with E-state index in [9.17, 15) is 0 Å². The molecule has 3 N–H and O–H groups in total. The Hall–Kier alpha value is -2.53. The Morgan fingerprint density at radius 1 is 1.14 bits per heavy atom. The first-order chi connectivity index (χ1) is 10.8. The third kappa shape index (κ3) is 3.77. The molecule has 0 saturated carbocycles. The van der Waals surface area contributed by atoms with Crippen molar-refractivity contribution >= 4 is 34.0 Å². The van der Waals surface area contributed by atoms with Gasteiger partial charge >= 0.3 is 0 Å². The molecule has 0 atom stereocenters. The van der Waals surface area contributed by atoms with Crippen LogP contribution in [0.2, 0.25) is 0 Å². The SMILES string of the molecule is NC(=NN=Cc1ccc2cc[nH]c2c1)SCc1ccccc1. The number of hydrogen-bond donors (Lipinski definition) is 2. The van der Waals surface area contributed by atoms with Gasteiger partial charge in [0.1, 0.15) is 0 Å². The smallest absolute Gasteiger partial charge is 0.180 e. The highest BCUT2D eigenvalue weighted by Crippen LogP contribution is 2.13. The van der Waals surface area contributed by atoms with Crippen LogP contribution in [0.4, 0.5) is 0 Å². The van der Waals surface area contributed by atoms with Crippen LogP contribution < -0.4 is 5.73 Å². The third-order valence-electron chi connectivity index (χ3n) is 3.17. The monoisotopic (exact) mass is 308 g/mol. The predicted molar refractivity (Wildman–Crippen MR) is 95.3 cm³/mol. The Labute approximate surface area is 133 Å². The molecule has 0 bridgehead atoms. The Bertz CT molecular complexity index is 806. The van der Waals surface area contributed by atoms with Crippen molar-refractivity contribution in [3.05, 3.63) is 71.9 Å². The standard InChI is InChI=1S/C17H16N4S/c18-17(22-12-13-4-2-1-3-5-13)21-20-11-14-6-7-15-8-9-19-16(15)10-14/h1-11,19H,12H2,(H2,18,21). The molecule has 0 saturated heterocycles. The maximum absolute atomic E-state index is 5.85. The summed E-state index contributed by atoms with van der Waals surface area (Å²) in [5.41, 5.74) is 9.14. The average molecular weight is 308 g/mol. The van der Waals surface area contributed by atoms with Gasteiger partial charge in [-0.1, -0.05) is 54.2 Å². The minimum Gasteiger partial charge on any atom is -0.377 e. The van der Waals surface area contributed by atoms with E-state index in [1.54, 1.807) is 6.21 Å². The molecular weight excluding hydrogens is 292 g/mol. The van der Waals surface area contributed by atoms with Crippen molar-refractivity contribution in [3.8, 4) is 0 Å². The maximum Gasteiger partial charge on any atom is 0.180 e. The Morgan fingerprint density at radius 3 is 2.86 bits per heavy atom. The van der Waals surface area contributed by atoms with Gasteiger partial charge in [-0.05, 0) is 28.6 Å². The topological polar surface area (TPSA) is 66.5 Å². The molecule has 22 heavy (non-hydrogen) atoms. The van der Waals surface area contributed by atoms with E-state index >= 15 is 0 Å². The highest BCUT2D eigenvalue weighted by Gasteiger charge is 1.97. The zero-order chi connectivity index (χ0) is 15.2. The second-order valence-electron chi connectivity index (χ2n) is 4.78. The zero-order valence-electron chi connectivity index (χ0n) is 11.9. The summed E-state index contributed by atoms with van der Waals surface area (Å²) in [6.45, 7) is 0. The molecule has 0 spiro atoms. The largest absolute Gasteiger partial charge is 0.377 e. The summed E-state index contributed by atoms with van der Waals surface area (Å²) < 4.78 is 0. The van der Waals surface area contributed by atoms with E-state index < -0.39 is 0 Å². The predicted octanol–water partition coefficient (Wildman–Crippen LogP) is 3.75. The molecule has 0 aliphatic heterocycles. The number of nitrogens with one attached hydrogen (secondary N) is 1. The van der Waals surface area contributed by atoms with Gasteiger partial charge in [0.2, 0.25) is 0 Å². The van der Waals surface area contributed by atoms with Crippen LogP contribution in [0.5, 0.6) is 0 Å². The van der Waals surface area contributed by atoms with E-state index in [0.717, 1.165) is 16.8 Å². The second-order valence-corrected chi connectivity index (χ2v) is 5.78. The zero-order valence-corrected chi connectivity index (χ0v) is 12.8. The molecule has 0 fully saturated rings. The molecular formula is C17H16N4S. The number of hydrogen-bond acceptors (Lipinski definition) is 3. The van der Waals surface area contributed by atoms with Gasteiger partial charge in [0.05, 0.1) is 6.21 Å². The number of aromatic amines is 1. The van der Waals surface area contributed by atoms with Crippen LogP contribution in [0.15, 0.2) is 71.0 Å². The maximum atomic E-state index is 5.85. The fraction of sp³-hybridized carbons (Fsp3) is 0.0588. The summed E-state index contributed by atoms with van der Waals surface area (Å²) in [6.07, 6.45) is 3.62. The number of amidine groups is 1. The van der Waals surface area contributed by atoms with Crippen molar-refractivity contribution in [2.24, 2.45) is 15.9 Å². The quantitative estimate of drug-likeness (QED) is 0.438. The lowest BCUT2D eigenvalue weighted by atomic mass is 10.2. The molecule has 3 aromatic rings. The molecule has 3 rings (SSSR count). The molecule has 0 aliphatic rings. The lowest BCUT2D eigenvalue weighted by molar-refractivity contribution is 1.25. The van der Waals surface area contributed by atoms with E-state index in [1.807, 2.05) is 48.7 Å². The fourth-order valence-corrected chi connectivity index (χ4v) is 2.67. The molecule has 4 nitrogen and oxygen atoms in total. The number of aromatic nitrogens is 1. The van der Waals surface area contributed by atoms with E-state index in [2.05, 4.69) is 27.3 Å². The van der Waals surface area contributed by atoms with E-state index in [0.29, 0.717) is 5.17 Å². The van der Waals surface area contributed by atoms with Crippen molar-refractivity contribution in [1.29, 1.82) is 0 Å². The molecule has 110 valence electrons. The number of fused-ring (bicyclic) bond motifs is 1. The van der Waals surface area contributed by atoms with E-state index in [4.69, 9.17) is 5.73 Å². The van der Waals surface area contributed by atoms with E-state index in [1.165, 1.54) is 22.7 Å². The molecule has 0 aliphatic carbocycles. The highest BCUT2D eigenvalue weighted by molar-refractivity contribution is 8.13. The first kappa shape index (κ1) is 14.4.